The summed E-state index contributed by atoms with van der Waals surface area (Å²) in [5.74, 6) is -0.873. The predicted molar refractivity (Wildman–Crippen MR) is 106 cm³/mol. The van der Waals surface area contributed by atoms with Crippen LogP contribution in [0, 0.1) is 0 Å². The second-order valence-corrected chi connectivity index (χ2v) is 7.17. The molecule has 1 N–H and O–H groups in total. The molecular formula is C22H17ClN2O3. The SMILES string of the molecule is O=C(C[C@@]1(O)C(=O)N(Cc2ccccc2)c2ccc(Cl)cc21)c1ccncc1. The number of amides is 1. The van der Waals surface area contributed by atoms with E-state index < -0.39 is 11.5 Å². The monoisotopic (exact) mass is 392 g/mol. The molecular weight excluding hydrogens is 376 g/mol. The number of anilines is 1. The third-order valence-corrected chi connectivity index (χ3v) is 5.13. The molecule has 4 rings (SSSR count). The van der Waals surface area contributed by atoms with Crippen molar-refractivity contribution in [2.45, 2.75) is 18.6 Å². The molecule has 2 heterocycles. The van der Waals surface area contributed by atoms with Gasteiger partial charge < -0.3 is 10.0 Å². The van der Waals surface area contributed by atoms with Gasteiger partial charge in [0, 0.05) is 28.5 Å². The zero-order valence-corrected chi connectivity index (χ0v) is 15.6. The van der Waals surface area contributed by atoms with Gasteiger partial charge in [-0.25, -0.2) is 0 Å². The second kappa shape index (κ2) is 7.19. The van der Waals surface area contributed by atoms with Gasteiger partial charge in [-0.05, 0) is 35.9 Å². The molecule has 0 radical (unpaired) electrons. The molecule has 28 heavy (non-hydrogen) atoms. The molecule has 0 fully saturated rings. The number of carbonyl (C=O) groups is 2. The topological polar surface area (TPSA) is 70.5 Å². The molecule has 0 spiro atoms. The quantitative estimate of drug-likeness (QED) is 0.671. The lowest BCUT2D eigenvalue weighted by Crippen LogP contribution is -2.41. The number of fused-ring (bicyclic) bond motifs is 1. The summed E-state index contributed by atoms with van der Waals surface area (Å²) in [6, 6.07) is 17.5. The molecule has 1 aliphatic rings. The minimum atomic E-state index is -1.96. The van der Waals surface area contributed by atoms with Crippen molar-refractivity contribution in [3.05, 3.63) is 94.8 Å². The Balaban J connectivity index is 1.72. The summed E-state index contributed by atoms with van der Waals surface area (Å²) in [5.41, 5.74) is 0.254. The van der Waals surface area contributed by atoms with Gasteiger partial charge in [-0.15, -0.1) is 0 Å². The average molecular weight is 393 g/mol. The molecule has 0 unspecified atom stereocenters. The summed E-state index contributed by atoms with van der Waals surface area (Å²) in [4.78, 5) is 31.3. The van der Waals surface area contributed by atoms with Crippen LogP contribution in [0.5, 0.6) is 0 Å². The van der Waals surface area contributed by atoms with Crippen molar-refractivity contribution in [3.63, 3.8) is 0 Å². The van der Waals surface area contributed by atoms with Crippen molar-refractivity contribution < 1.29 is 14.7 Å². The van der Waals surface area contributed by atoms with Crippen LogP contribution >= 0.6 is 11.6 Å². The van der Waals surface area contributed by atoms with Crippen LogP contribution in [0.25, 0.3) is 0 Å². The minimum absolute atomic E-state index is 0.292. The van der Waals surface area contributed by atoms with Crippen molar-refractivity contribution >= 4 is 29.0 Å². The molecule has 6 heteroatoms. The van der Waals surface area contributed by atoms with Gasteiger partial charge in [0.05, 0.1) is 18.7 Å². The second-order valence-electron chi connectivity index (χ2n) is 6.73. The first kappa shape index (κ1) is 18.3. The molecule has 1 aliphatic heterocycles. The molecule has 1 aromatic heterocycles. The fourth-order valence-corrected chi connectivity index (χ4v) is 3.66. The number of nitrogens with zero attached hydrogens (tertiary/aromatic N) is 2. The molecule has 5 nitrogen and oxygen atoms in total. The van der Waals surface area contributed by atoms with E-state index in [4.69, 9.17) is 11.6 Å². The first-order valence-electron chi connectivity index (χ1n) is 8.80. The van der Waals surface area contributed by atoms with Gasteiger partial charge in [0.2, 0.25) is 0 Å². The number of benzene rings is 2. The highest BCUT2D eigenvalue weighted by Gasteiger charge is 2.51. The number of Topliss-reactive ketones (excluding diaryl/α,β-unsaturated/α-hetero) is 1. The summed E-state index contributed by atoms with van der Waals surface area (Å²) in [7, 11) is 0. The largest absolute Gasteiger partial charge is 0.375 e. The van der Waals surface area contributed by atoms with Gasteiger partial charge in [-0.3, -0.25) is 14.6 Å². The maximum Gasteiger partial charge on any atom is 0.264 e. The van der Waals surface area contributed by atoms with Gasteiger partial charge in [0.1, 0.15) is 0 Å². The first-order valence-corrected chi connectivity index (χ1v) is 9.18. The van der Waals surface area contributed by atoms with Crippen LogP contribution in [0.15, 0.2) is 73.1 Å². The van der Waals surface area contributed by atoms with Crippen molar-refractivity contribution in [3.8, 4) is 0 Å². The highest BCUT2D eigenvalue weighted by Crippen LogP contribution is 2.44. The predicted octanol–water partition coefficient (Wildman–Crippen LogP) is 3.74. The lowest BCUT2D eigenvalue weighted by molar-refractivity contribution is -0.136. The van der Waals surface area contributed by atoms with E-state index >= 15 is 0 Å². The number of halogens is 1. The third-order valence-electron chi connectivity index (χ3n) is 4.90. The van der Waals surface area contributed by atoms with E-state index in [-0.39, 0.29) is 12.2 Å². The molecule has 0 saturated heterocycles. The van der Waals surface area contributed by atoms with E-state index in [1.807, 2.05) is 30.3 Å². The Morgan fingerprint density at radius 3 is 2.50 bits per heavy atom. The lowest BCUT2D eigenvalue weighted by Gasteiger charge is -2.23. The maximum absolute atomic E-state index is 13.2. The van der Waals surface area contributed by atoms with Gasteiger partial charge in [0.25, 0.3) is 5.91 Å². The molecule has 3 aromatic rings. The Bertz CT molecular complexity index is 1040. The number of hydrogen-bond donors (Lipinski definition) is 1. The normalized spacial score (nSPS) is 18.2. The van der Waals surface area contributed by atoms with Crippen LogP contribution in [-0.2, 0) is 16.9 Å². The number of rotatable bonds is 5. The first-order chi connectivity index (χ1) is 13.5. The Morgan fingerprint density at radius 1 is 1.07 bits per heavy atom. The number of hydrogen-bond acceptors (Lipinski definition) is 4. The van der Waals surface area contributed by atoms with Gasteiger partial charge in [0.15, 0.2) is 11.4 Å². The highest BCUT2D eigenvalue weighted by molar-refractivity contribution is 6.31. The maximum atomic E-state index is 13.2. The fourth-order valence-electron chi connectivity index (χ4n) is 3.49. The Morgan fingerprint density at radius 2 is 1.79 bits per heavy atom. The van der Waals surface area contributed by atoms with E-state index in [1.54, 1.807) is 30.3 Å². The standard InChI is InChI=1S/C22H17ClN2O3/c23-17-6-7-19-18(12-17)22(28,13-20(26)16-8-10-24-11-9-16)21(27)25(19)14-15-4-2-1-3-5-15/h1-12,28H,13-14H2/t22-/m0/s1. The lowest BCUT2D eigenvalue weighted by atomic mass is 9.88. The zero-order chi connectivity index (χ0) is 19.7. The van der Waals surface area contributed by atoms with Crippen LogP contribution in [0.2, 0.25) is 5.02 Å². The number of carbonyl (C=O) groups excluding carboxylic acids is 2. The zero-order valence-electron chi connectivity index (χ0n) is 14.9. The minimum Gasteiger partial charge on any atom is -0.375 e. The summed E-state index contributed by atoms with van der Waals surface area (Å²) >= 11 is 6.13. The number of aliphatic hydroxyl groups is 1. The summed E-state index contributed by atoms with van der Waals surface area (Å²) < 4.78 is 0. The Labute approximate surface area is 167 Å². The van der Waals surface area contributed by atoms with E-state index in [0.717, 1.165) is 5.56 Å². The number of pyridine rings is 1. The van der Waals surface area contributed by atoms with Crippen LogP contribution in [0.4, 0.5) is 5.69 Å². The molecule has 0 aliphatic carbocycles. The van der Waals surface area contributed by atoms with E-state index in [9.17, 15) is 14.7 Å². The van der Waals surface area contributed by atoms with Crippen LogP contribution < -0.4 is 4.90 Å². The van der Waals surface area contributed by atoms with Crippen molar-refractivity contribution in [2.75, 3.05) is 4.90 Å². The molecule has 1 atom stereocenters. The third kappa shape index (κ3) is 3.19. The summed E-state index contributed by atoms with van der Waals surface area (Å²) in [5, 5.41) is 11.7. The van der Waals surface area contributed by atoms with Crippen LogP contribution in [-0.4, -0.2) is 21.8 Å². The number of aromatic nitrogens is 1. The molecule has 0 bridgehead atoms. The molecule has 140 valence electrons. The Hall–Kier alpha value is -3.02. The molecule has 2 aromatic carbocycles. The van der Waals surface area contributed by atoms with Crippen molar-refractivity contribution in [2.24, 2.45) is 0 Å². The summed E-state index contributed by atoms with van der Waals surface area (Å²) in [6.07, 6.45) is 2.63. The van der Waals surface area contributed by atoms with Gasteiger partial charge in [-0.1, -0.05) is 41.9 Å². The molecule has 0 saturated carbocycles. The highest BCUT2D eigenvalue weighted by atomic mass is 35.5. The van der Waals surface area contributed by atoms with Crippen molar-refractivity contribution in [1.82, 2.24) is 4.98 Å². The van der Waals surface area contributed by atoms with Gasteiger partial charge in [-0.2, -0.15) is 0 Å². The van der Waals surface area contributed by atoms with E-state index in [2.05, 4.69) is 4.98 Å². The van der Waals surface area contributed by atoms with Crippen LogP contribution in [0.1, 0.15) is 27.9 Å². The van der Waals surface area contributed by atoms with E-state index in [1.165, 1.54) is 17.3 Å². The molecule has 1 amide bonds. The van der Waals surface area contributed by atoms with E-state index in [0.29, 0.717) is 28.4 Å². The average Bonchev–Trinajstić information content (AvgIpc) is 2.91. The van der Waals surface area contributed by atoms with Gasteiger partial charge >= 0.3 is 0 Å². The fraction of sp³-hybridized carbons (Fsp3) is 0.136. The number of ketones is 1. The van der Waals surface area contributed by atoms with Crippen molar-refractivity contribution in [1.29, 1.82) is 0 Å². The van der Waals surface area contributed by atoms with Crippen LogP contribution in [0.3, 0.4) is 0 Å². The summed E-state index contributed by atoms with van der Waals surface area (Å²) in [6.45, 7) is 0.292. The Kier molecular flexibility index (Phi) is 4.71. The smallest absolute Gasteiger partial charge is 0.264 e.